The van der Waals surface area contributed by atoms with Crippen LogP contribution in [0.5, 0.6) is 5.75 Å². The van der Waals surface area contributed by atoms with Crippen molar-refractivity contribution in [2.24, 2.45) is 0 Å². The number of hydrogen-bond acceptors (Lipinski definition) is 4. The minimum Gasteiger partial charge on any atom is -0.487 e. The number of hydrogen-bond donors (Lipinski definition) is 1. The average Bonchev–Trinajstić information content (AvgIpc) is 2.43. The molecule has 0 aliphatic carbocycles. The third-order valence-electron chi connectivity index (χ3n) is 3.82. The van der Waals surface area contributed by atoms with Crippen LogP contribution >= 0.6 is 0 Å². The van der Waals surface area contributed by atoms with Gasteiger partial charge in [0.1, 0.15) is 17.9 Å². The molecule has 0 spiro atoms. The number of halogens is 1. The number of nitrogens with zero attached hydrogens (tertiary/aromatic N) is 2. The molecule has 0 saturated heterocycles. The standard InChI is InChI=1S/C15H15FN2O4/c1-7-6-22-14-11-8(4-10(16)12(14)17(2)3)13(19)9(15(20)21)5-18(7)11/h4-5,7H,6H2,1-3H3,(H,20,21)/t7-/m0/s1. The van der Waals surface area contributed by atoms with Crippen molar-refractivity contribution in [3.05, 3.63) is 33.9 Å². The summed E-state index contributed by atoms with van der Waals surface area (Å²) in [7, 11) is 3.35. The first-order valence-corrected chi connectivity index (χ1v) is 6.77. The molecule has 1 aliphatic rings. The zero-order chi connectivity index (χ0) is 16.2. The predicted molar refractivity (Wildman–Crippen MR) is 79.7 cm³/mol. The number of anilines is 1. The summed E-state index contributed by atoms with van der Waals surface area (Å²) in [6, 6.07) is 0.926. The molecule has 116 valence electrons. The summed E-state index contributed by atoms with van der Waals surface area (Å²) in [5.41, 5.74) is -0.402. The van der Waals surface area contributed by atoms with Gasteiger partial charge >= 0.3 is 5.97 Å². The summed E-state index contributed by atoms with van der Waals surface area (Å²) in [5.74, 6) is -1.67. The van der Waals surface area contributed by atoms with Crippen molar-refractivity contribution in [3.8, 4) is 5.75 Å². The van der Waals surface area contributed by atoms with Crippen molar-refractivity contribution in [3.63, 3.8) is 0 Å². The van der Waals surface area contributed by atoms with Crippen molar-refractivity contribution >= 4 is 22.6 Å². The summed E-state index contributed by atoms with van der Waals surface area (Å²) in [5, 5.41) is 9.20. The van der Waals surface area contributed by atoms with E-state index in [2.05, 4.69) is 0 Å². The molecule has 22 heavy (non-hydrogen) atoms. The normalized spacial score (nSPS) is 16.5. The number of benzene rings is 1. The molecule has 1 aromatic carbocycles. The number of aromatic carboxylic acids is 1. The number of ether oxygens (including phenoxy) is 1. The van der Waals surface area contributed by atoms with Gasteiger partial charge in [-0.1, -0.05) is 0 Å². The first-order chi connectivity index (χ1) is 10.3. The first kappa shape index (κ1) is 14.4. The third kappa shape index (κ3) is 1.85. The molecule has 0 bridgehead atoms. The molecule has 0 unspecified atom stereocenters. The van der Waals surface area contributed by atoms with Crippen molar-refractivity contribution in [2.45, 2.75) is 13.0 Å². The van der Waals surface area contributed by atoms with E-state index in [1.54, 1.807) is 23.6 Å². The highest BCUT2D eigenvalue weighted by atomic mass is 19.1. The summed E-state index contributed by atoms with van der Waals surface area (Å²) >= 11 is 0. The second kappa shape index (κ2) is 4.72. The van der Waals surface area contributed by atoms with Gasteiger partial charge in [0.2, 0.25) is 5.43 Å². The monoisotopic (exact) mass is 306 g/mol. The number of carbonyl (C=O) groups is 1. The Morgan fingerprint density at radius 1 is 1.50 bits per heavy atom. The van der Waals surface area contributed by atoms with E-state index >= 15 is 0 Å². The van der Waals surface area contributed by atoms with Crippen LogP contribution < -0.4 is 15.1 Å². The van der Waals surface area contributed by atoms with Crippen molar-refractivity contribution in [2.75, 3.05) is 25.6 Å². The maximum atomic E-state index is 14.4. The van der Waals surface area contributed by atoms with Crippen LogP contribution in [0.2, 0.25) is 0 Å². The van der Waals surface area contributed by atoms with E-state index in [0.717, 1.165) is 6.07 Å². The maximum Gasteiger partial charge on any atom is 0.341 e. The Kier molecular flexibility index (Phi) is 3.09. The third-order valence-corrected chi connectivity index (χ3v) is 3.82. The van der Waals surface area contributed by atoms with Gasteiger partial charge in [0.05, 0.1) is 16.9 Å². The molecule has 0 amide bonds. The van der Waals surface area contributed by atoms with E-state index in [0.29, 0.717) is 5.52 Å². The average molecular weight is 306 g/mol. The molecule has 3 rings (SSSR count). The summed E-state index contributed by atoms with van der Waals surface area (Å²) < 4.78 is 21.7. The largest absolute Gasteiger partial charge is 0.487 e. The highest BCUT2D eigenvalue weighted by Gasteiger charge is 2.28. The zero-order valence-corrected chi connectivity index (χ0v) is 12.4. The molecule has 1 N–H and O–H groups in total. The van der Waals surface area contributed by atoms with Gasteiger partial charge in [-0.05, 0) is 13.0 Å². The van der Waals surface area contributed by atoms with E-state index in [1.807, 2.05) is 6.92 Å². The van der Waals surface area contributed by atoms with E-state index in [1.165, 1.54) is 6.20 Å². The van der Waals surface area contributed by atoms with Crippen molar-refractivity contribution in [1.82, 2.24) is 4.57 Å². The van der Waals surface area contributed by atoms with E-state index in [-0.39, 0.29) is 35.0 Å². The molecule has 6 nitrogen and oxygen atoms in total. The molecule has 0 radical (unpaired) electrons. The summed E-state index contributed by atoms with van der Waals surface area (Å²) in [6.07, 6.45) is 1.31. The topological polar surface area (TPSA) is 71.8 Å². The van der Waals surface area contributed by atoms with Crippen LogP contribution in [0, 0.1) is 5.82 Å². The van der Waals surface area contributed by atoms with Crippen LogP contribution in [-0.2, 0) is 0 Å². The van der Waals surface area contributed by atoms with E-state index < -0.39 is 17.2 Å². The van der Waals surface area contributed by atoms with Crippen LogP contribution in [-0.4, -0.2) is 36.3 Å². The Labute approximate surface area is 125 Å². The minimum atomic E-state index is -1.33. The number of carboxylic acid groups (broad SMARTS) is 1. The van der Waals surface area contributed by atoms with Crippen molar-refractivity contribution in [1.29, 1.82) is 0 Å². The lowest BCUT2D eigenvalue weighted by atomic mass is 10.1. The second-order valence-corrected chi connectivity index (χ2v) is 5.57. The summed E-state index contributed by atoms with van der Waals surface area (Å²) in [6.45, 7) is 2.12. The van der Waals surface area contributed by atoms with Crippen LogP contribution in [0.4, 0.5) is 10.1 Å². The highest BCUT2D eigenvalue weighted by molar-refractivity contribution is 5.97. The molecular weight excluding hydrogens is 291 g/mol. The van der Waals surface area contributed by atoms with Crippen LogP contribution in [0.25, 0.3) is 10.9 Å². The van der Waals surface area contributed by atoms with Crippen LogP contribution in [0.1, 0.15) is 23.3 Å². The molecular formula is C15H15FN2O4. The predicted octanol–water partition coefficient (Wildman–Crippen LogP) is 1.86. The van der Waals surface area contributed by atoms with Gasteiger partial charge < -0.3 is 19.3 Å². The Morgan fingerprint density at radius 3 is 2.77 bits per heavy atom. The fourth-order valence-corrected chi connectivity index (χ4v) is 2.78. The SMILES string of the molecule is C[C@H]1COc2c(N(C)C)c(F)cc3c(=O)c(C(=O)O)cn1c23. The molecule has 0 saturated carbocycles. The van der Waals surface area contributed by atoms with Crippen LogP contribution in [0.3, 0.4) is 0 Å². The van der Waals surface area contributed by atoms with Gasteiger partial charge in [-0.25, -0.2) is 9.18 Å². The lowest BCUT2D eigenvalue weighted by Gasteiger charge is -2.30. The zero-order valence-electron chi connectivity index (χ0n) is 12.4. The van der Waals surface area contributed by atoms with Gasteiger partial charge in [-0.2, -0.15) is 0 Å². The number of rotatable bonds is 2. The fraction of sp³-hybridized carbons (Fsp3) is 0.333. The summed E-state index contributed by atoms with van der Waals surface area (Å²) in [4.78, 5) is 25.2. The highest BCUT2D eigenvalue weighted by Crippen LogP contribution is 2.40. The Hall–Kier alpha value is -2.57. The molecule has 1 aliphatic heterocycles. The Balaban J connectivity index is 2.54. The van der Waals surface area contributed by atoms with Crippen molar-refractivity contribution < 1.29 is 19.0 Å². The van der Waals surface area contributed by atoms with Gasteiger partial charge in [-0.3, -0.25) is 4.79 Å². The molecule has 1 aromatic heterocycles. The quantitative estimate of drug-likeness (QED) is 0.917. The van der Waals surface area contributed by atoms with Gasteiger partial charge in [-0.15, -0.1) is 0 Å². The maximum absolute atomic E-state index is 14.4. The van der Waals surface area contributed by atoms with Gasteiger partial charge in [0, 0.05) is 20.3 Å². The number of pyridine rings is 1. The lowest BCUT2D eigenvalue weighted by molar-refractivity contribution is 0.0694. The molecule has 7 heteroatoms. The van der Waals surface area contributed by atoms with E-state index in [4.69, 9.17) is 4.74 Å². The molecule has 1 atom stereocenters. The minimum absolute atomic E-state index is 0.0181. The fourth-order valence-electron chi connectivity index (χ4n) is 2.78. The smallest absolute Gasteiger partial charge is 0.341 e. The lowest BCUT2D eigenvalue weighted by Crippen LogP contribution is -2.28. The van der Waals surface area contributed by atoms with E-state index in [9.17, 15) is 19.1 Å². The van der Waals surface area contributed by atoms with Crippen LogP contribution in [0.15, 0.2) is 17.1 Å². The Morgan fingerprint density at radius 2 is 2.18 bits per heavy atom. The Bertz CT molecular complexity index is 857. The number of carboxylic acids is 1. The number of aromatic nitrogens is 1. The second-order valence-electron chi connectivity index (χ2n) is 5.57. The molecule has 2 heterocycles. The van der Waals surface area contributed by atoms with Gasteiger partial charge in [0.25, 0.3) is 0 Å². The molecule has 0 fully saturated rings. The molecule has 2 aromatic rings. The first-order valence-electron chi connectivity index (χ1n) is 6.77. The van der Waals surface area contributed by atoms with Gasteiger partial charge in [0.15, 0.2) is 11.6 Å².